The Balaban J connectivity index is 1.69. The van der Waals surface area contributed by atoms with Crippen LogP contribution in [0.15, 0.2) is 59.8 Å². The Kier molecular flexibility index (Phi) is 2.85. The summed E-state index contributed by atoms with van der Waals surface area (Å²) in [6, 6.07) is 16.4. The number of fused-ring (bicyclic) bond motifs is 2. The molecule has 0 bridgehead atoms. The molecule has 4 rings (SSSR count). The molecule has 1 heterocycles. The molecule has 0 atom stereocenters. The highest BCUT2D eigenvalue weighted by atomic mass is 15.3. The zero-order valence-corrected chi connectivity index (χ0v) is 11.5. The maximum absolute atomic E-state index is 4.55. The predicted molar refractivity (Wildman–Crippen MR) is 84.5 cm³/mol. The first-order valence-electron chi connectivity index (χ1n) is 7.03. The summed E-state index contributed by atoms with van der Waals surface area (Å²) in [5.74, 6) is 0.699. The van der Waals surface area contributed by atoms with E-state index in [0.29, 0.717) is 5.82 Å². The molecule has 0 radical (unpaired) electrons. The Morgan fingerprint density at radius 3 is 2.81 bits per heavy atom. The fourth-order valence-electron chi connectivity index (χ4n) is 2.75. The van der Waals surface area contributed by atoms with Gasteiger partial charge in [0, 0.05) is 16.3 Å². The number of anilines is 1. The third kappa shape index (κ3) is 2.14. The summed E-state index contributed by atoms with van der Waals surface area (Å²) in [6.07, 6.45) is 3.78. The molecule has 0 unspecified atom stereocenters. The second-order valence-corrected chi connectivity index (χ2v) is 5.11. The topological polar surface area (TPSA) is 50.2 Å². The van der Waals surface area contributed by atoms with E-state index < -0.39 is 0 Å². The Morgan fingerprint density at radius 2 is 1.81 bits per heavy atom. The van der Waals surface area contributed by atoms with Crippen LogP contribution >= 0.6 is 0 Å². The quantitative estimate of drug-likeness (QED) is 0.729. The van der Waals surface area contributed by atoms with Crippen molar-refractivity contribution < 1.29 is 0 Å². The second-order valence-electron chi connectivity index (χ2n) is 5.11. The number of aryl methyl sites for hydroxylation is 1. The summed E-state index contributed by atoms with van der Waals surface area (Å²) in [7, 11) is 0. The normalized spacial score (nSPS) is 15.3. The van der Waals surface area contributed by atoms with E-state index in [9.17, 15) is 0 Å². The van der Waals surface area contributed by atoms with Crippen molar-refractivity contribution in [2.75, 3.05) is 5.43 Å². The van der Waals surface area contributed by atoms with E-state index >= 15 is 0 Å². The first-order chi connectivity index (χ1) is 10.4. The van der Waals surface area contributed by atoms with Crippen molar-refractivity contribution in [1.82, 2.24) is 10.2 Å². The summed E-state index contributed by atoms with van der Waals surface area (Å²) < 4.78 is 0. The van der Waals surface area contributed by atoms with Gasteiger partial charge in [-0.15, -0.1) is 5.10 Å². The van der Waals surface area contributed by atoms with Gasteiger partial charge in [0.15, 0.2) is 5.82 Å². The Hall–Kier alpha value is -2.75. The number of benzene rings is 2. The summed E-state index contributed by atoms with van der Waals surface area (Å²) in [5, 5.41) is 14.8. The molecule has 0 amide bonds. The van der Waals surface area contributed by atoms with Crippen molar-refractivity contribution >= 4 is 22.3 Å². The molecule has 0 aliphatic heterocycles. The third-order valence-corrected chi connectivity index (χ3v) is 3.83. The molecule has 1 aliphatic rings. The summed E-state index contributed by atoms with van der Waals surface area (Å²) >= 11 is 0. The van der Waals surface area contributed by atoms with Crippen LogP contribution in [0, 0.1) is 0 Å². The third-order valence-electron chi connectivity index (χ3n) is 3.83. The van der Waals surface area contributed by atoms with Crippen molar-refractivity contribution in [1.29, 1.82) is 0 Å². The average molecular weight is 274 g/mol. The predicted octanol–water partition coefficient (Wildman–Crippen LogP) is 3.39. The molecular formula is C17H14N4. The van der Waals surface area contributed by atoms with E-state index in [1.807, 2.05) is 24.3 Å². The number of hydrazone groups is 1. The molecular weight excluding hydrogens is 260 g/mol. The smallest absolute Gasteiger partial charge is 0.176 e. The van der Waals surface area contributed by atoms with Crippen LogP contribution in [0.3, 0.4) is 0 Å². The summed E-state index contributed by atoms with van der Waals surface area (Å²) in [4.78, 5) is 0. The van der Waals surface area contributed by atoms with Crippen LogP contribution in [0.2, 0.25) is 0 Å². The minimum Gasteiger partial charge on any atom is -0.259 e. The van der Waals surface area contributed by atoms with Gasteiger partial charge in [-0.25, -0.2) is 0 Å². The van der Waals surface area contributed by atoms with E-state index in [1.165, 1.54) is 11.1 Å². The van der Waals surface area contributed by atoms with E-state index in [4.69, 9.17) is 0 Å². The highest BCUT2D eigenvalue weighted by molar-refractivity contribution is 6.05. The number of hydrogen-bond acceptors (Lipinski definition) is 4. The number of hydrogen-bond donors (Lipinski definition) is 1. The molecule has 1 aromatic heterocycles. The maximum Gasteiger partial charge on any atom is 0.176 e. The van der Waals surface area contributed by atoms with Crippen LogP contribution in [0.1, 0.15) is 17.5 Å². The van der Waals surface area contributed by atoms with Gasteiger partial charge in [0.25, 0.3) is 0 Å². The lowest BCUT2D eigenvalue weighted by molar-refractivity contribution is 1.03. The highest BCUT2D eigenvalue weighted by Gasteiger charge is 2.16. The molecule has 2 aromatic carbocycles. The van der Waals surface area contributed by atoms with Gasteiger partial charge in [-0.05, 0) is 18.4 Å². The van der Waals surface area contributed by atoms with Crippen molar-refractivity contribution in [3.63, 3.8) is 0 Å². The highest BCUT2D eigenvalue weighted by Crippen LogP contribution is 2.23. The van der Waals surface area contributed by atoms with E-state index in [-0.39, 0.29) is 0 Å². The molecule has 0 saturated heterocycles. The lowest BCUT2D eigenvalue weighted by Gasteiger charge is -2.05. The van der Waals surface area contributed by atoms with Crippen LogP contribution in [0.4, 0.5) is 5.82 Å². The van der Waals surface area contributed by atoms with Gasteiger partial charge in [0.1, 0.15) is 0 Å². The molecule has 0 fully saturated rings. The minimum absolute atomic E-state index is 0.699. The Bertz CT molecular complexity index is 834. The lowest BCUT2D eigenvalue weighted by Crippen LogP contribution is -2.02. The van der Waals surface area contributed by atoms with Gasteiger partial charge < -0.3 is 0 Å². The largest absolute Gasteiger partial charge is 0.259 e. The van der Waals surface area contributed by atoms with Gasteiger partial charge in [0.2, 0.25) is 0 Å². The standard InChI is InChI=1S/C17H14N4/c1-3-7-14-12(5-1)9-10-16(14)19-21-17-15-8-4-2-6-13(15)11-18-20-17/h1-8,11H,9-10H2,(H,20,21)/b19-16+. The molecule has 0 spiro atoms. The molecule has 1 N–H and O–H groups in total. The molecule has 102 valence electrons. The van der Waals surface area contributed by atoms with Crippen molar-refractivity contribution in [2.45, 2.75) is 12.8 Å². The van der Waals surface area contributed by atoms with Crippen LogP contribution in [0.5, 0.6) is 0 Å². The van der Waals surface area contributed by atoms with E-state index in [0.717, 1.165) is 29.3 Å². The monoisotopic (exact) mass is 274 g/mol. The zero-order chi connectivity index (χ0) is 14.1. The van der Waals surface area contributed by atoms with E-state index in [2.05, 4.69) is 45.0 Å². The molecule has 4 heteroatoms. The Labute approximate surface area is 122 Å². The summed E-state index contributed by atoms with van der Waals surface area (Å²) in [5.41, 5.74) is 6.77. The fraction of sp³-hybridized carbons (Fsp3) is 0.118. The minimum atomic E-state index is 0.699. The van der Waals surface area contributed by atoms with E-state index in [1.54, 1.807) is 6.20 Å². The van der Waals surface area contributed by atoms with Crippen LogP contribution in [-0.2, 0) is 6.42 Å². The van der Waals surface area contributed by atoms with Crippen molar-refractivity contribution in [3.8, 4) is 0 Å². The van der Waals surface area contributed by atoms with Crippen LogP contribution < -0.4 is 5.43 Å². The average Bonchev–Trinajstić information content (AvgIpc) is 2.96. The zero-order valence-electron chi connectivity index (χ0n) is 11.5. The maximum atomic E-state index is 4.55. The van der Waals surface area contributed by atoms with Crippen LogP contribution in [0.25, 0.3) is 10.8 Å². The van der Waals surface area contributed by atoms with Gasteiger partial charge in [-0.1, -0.05) is 48.5 Å². The van der Waals surface area contributed by atoms with Crippen molar-refractivity contribution in [3.05, 3.63) is 65.9 Å². The molecule has 4 nitrogen and oxygen atoms in total. The number of aromatic nitrogens is 2. The number of nitrogens with one attached hydrogen (secondary N) is 1. The molecule has 21 heavy (non-hydrogen) atoms. The molecule has 1 aliphatic carbocycles. The van der Waals surface area contributed by atoms with Gasteiger partial charge in [-0.2, -0.15) is 10.2 Å². The van der Waals surface area contributed by atoms with Gasteiger partial charge in [0.05, 0.1) is 11.9 Å². The van der Waals surface area contributed by atoms with Gasteiger partial charge in [-0.3, -0.25) is 5.43 Å². The van der Waals surface area contributed by atoms with Crippen molar-refractivity contribution in [2.24, 2.45) is 5.10 Å². The Morgan fingerprint density at radius 1 is 0.952 bits per heavy atom. The second kappa shape index (κ2) is 4.98. The number of nitrogens with zero attached hydrogens (tertiary/aromatic N) is 3. The van der Waals surface area contributed by atoms with Crippen LogP contribution in [-0.4, -0.2) is 15.9 Å². The van der Waals surface area contributed by atoms with Gasteiger partial charge >= 0.3 is 0 Å². The SMILES string of the molecule is c1ccc2c(c1)CC/C2=N\Nc1nncc2ccccc12. The fourth-order valence-corrected chi connectivity index (χ4v) is 2.75. The molecule has 0 saturated carbocycles. The lowest BCUT2D eigenvalue weighted by atomic mass is 10.1. The summed E-state index contributed by atoms with van der Waals surface area (Å²) in [6.45, 7) is 0. The first kappa shape index (κ1) is 12.0. The molecule has 3 aromatic rings. The number of rotatable bonds is 2. The first-order valence-corrected chi connectivity index (χ1v) is 7.03.